The molecule has 0 bridgehead atoms. The normalized spacial score (nSPS) is 17.7. The molecule has 0 spiro atoms. The molecule has 3 atom stereocenters. The standard InChI is InChI=1S/C37H39NO7S/c1-43-32-8-2-3-9-34(32)46-24-31-21-33(28-14-12-25(23-39)13-15-28)45-37(44-31)29-18-16-27(17-19-29)30-7-4-6-26(20-30)22-38-35(40)10-5-11-36(41)42/h2-4,6-9,12-20,31,33,37,39H,5,10-11,21-24H2,1H3,(H,38,40)(H,41,42). The fraction of sp³-hybridized carbons (Fsp3) is 0.297. The molecule has 4 aromatic carbocycles. The van der Waals surface area contributed by atoms with Crippen molar-refractivity contribution in [2.45, 2.75) is 62.2 Å². The molecule has 1 fully saturated rings. The van der Waals surface area contributed by atoms with Crippen LogP contribution in [0.2, 0.25) is 0 Å². The van der Waals surface area contributed by atoms with Gasteiger partial charge in [-0.05, 0) is 52.4 Å². The maximum Gasteiger partial charge on any atom is 0.303 e. The van der Waals surface area contributed by atoms with Crippen molar-refractivity contribution in [2.75, 3.05) is 12.9 Å². The van der Waals surface area contributed by atoms with Crippen molar-refractivity contribution in [1.82, 2.24) is 5.32 Å². The van der Waals surface area contributed by atoms with E-state index in [1.165, 1.54) is 0 Å². The van der Waals surface area contributed by atoms with Gasteiger partial charge in [-0.2, -0.15) is 0 Å². The Morgan fingerprint density at radius 1 is 0.870 bits per heavy atom. The summed E-state index contributed by atoms with van der Waals surface area (Å²) in [5.74, 6) is 0.507. The molecule has 1 heterocycles. The average molecular weight is 642 g/mol. The van der Waals surface area contributed by atoms with Crippen LogP contribution in [0.5, 0.6) is 5.75 Å². The van der Waals surface area contributed by atoms with Crippen molar-refractivity contribution in [3.8, 4) is 16.9 Å². The highest BCUT2D eigenvalue weighted by Crippen LogP contribution is 2.40. The van der Waals surface area contributed by atoms with Crippen LogP contribution >= 0.6 is 11.8 Å². The van der Waals surface area contributed by atoms with Gasteiger partial charge in [-0.25, -0.2) is 0 Å². The monoisotopic (exact) mass is 641 g/mol. The summed E-state index contributed by atoms with van der Waals surface area (Å²) in [7, 11) is 1.68. The third-order valence-corrected chi connectivity index (χ3v) is 9.02. The van der Waals surface area contributed by atoms with Crippen LogP contribution in [0.1, 0.15) is 60.3 Å². The summed E-state index contributed by atoms with van der Waals surface area (Å²) in [6, 6.07) is 32.0. The van der Waals surface area contributed by atoms with E-state index in [2.05, 4.69) is 11.4 Å². The Balaban J connectivity index is 1.27. The Morgan fingerprint density at radius 3 is 2.37 bits per heavy atom. The maximum absolute atomic E-state index is 12.1. The highest BCUT2D eigenvalue weighted by Gasteiger charge is 2.32. The molecule has 0 aliphatic carbocycles. The molecule has 1 aliphatic heterocycles. The molecular formula is C37H39NO7S. The number of aliphatic hydroxyl groups is 1. The number of hydrogen-bond acceptors (Lipinski definition) is 7. The summed E-state index contributed by atoms with van der Waals surface area (Å²) in [5.41, 5.74) is 5.81. The number of carbonyl (C=O) groups excluding carboxylic acids is 1. The first-order valence-electron chi connectivity index (χ1n) is 15.4. The number of amides is 1. The largest absolute Gasteiger partial charge is 0.496 e. The zero-order valence-corrected chi connectivity index (χ0v) is 26.6. The fourth-order valence-electron chi connectivity index (χ4n) is 5.33. The molecule has 1 aliphatic rings. The van der Waals surface area contributed by atoms with Crippen molar-refractivity contribution >= 4 is 23.6 Å². The zero-order valence-electron chi connectivity index (χ0n) is 25.8. The molecule has 3 unspecified atom stereocenters. The number of carbonyl (C=O) groups is 2. The van der Waals surface area contributed by atoms with E-state index in [9.17, 15) is 14.7 Å². The van der Waals surface area contributed by atoms with E-state index in [1.54, 1.807) is 18.9 Å². The van der Waals surface area contributed by atoms with E-state index in [4.69, 9.17) is 19.3 Å². The summed E-state index contributed by atoms with van der Waals surface area (Å²) in [5, 5.41) is 21.2. The second kappa shape index (κ2) is 16.4. The van der Waals surface area contributed by atoms with E-state index in [1.807, 2.05) is 91.0 Å². The van der Waals surface area contributed by atoms with Gasteiger partial charge >= 0.3 is 5.97 Å². The number of ether oxygens (including phenoxy) is 3. The second-order valence-electron chi connectivity index (χ2n) is 11.2. The van der Waals surface area contributed by atoms with Gasteiger partial charge in [-0.1, -0.05) is 78.9 Å². The summed E-state index contributed by atoms with van der Waals surface area (Å²) in [4.78, 5) is 23.9. The average Bonchev–Trinajstić information content (AvgIpc) is 3.10. The summed E-state index contributed by atoms with van der Waals surface area (Å²) >= 11 is 1.70. The minimum absolute atomic E-state index is 0.00575. The molecular weight excluding hydrogens is 602 g/mol. The zero-order chi connectivity index (χ0) is 32.3. The lowest BCUT2D eigenvalue weighted by atomic mass is 9.99. The Labute approximate surface area is 273 Å². The number of rotatable bonds is 14. The minimum atomic E-state index is -0.899. The van der Waals surface area contributed by atoms with Crippen LogP contribution in [0.3, 0.4) is 0 Å². The summed E-state index contributed by atoms with van der Waals surface area (Å²) in [6.45, 7) is 0.366. The Bertz CT molecular complexity index is 1590. The van der Waals surface area contributed by atoms with Crippen molar-refractivity contribution in [3.05, 3.63) is 119 Å². The molecule has 3 N–H and O–H groups in total. The maximum atomic E-state index is 12.1. The predicted octanol–water partition coefficient (Wildman–Crippen LogP) is 7.06. The molecule has 240 valence electrons. The van der Waals surface area contributed by atoms with Gasteiger partial charge in [0.15, 0.2) is 6.29 Å². The van der Waals surface area contributed by atoms with Crippen molar-refractivity contribution in [2.24, 2.45) is 0 Å². The smallest absolute Gasteiger partial charge is 0.303 e. The molecule has 0 aromatic heterocycles. The Kier molecular flexibility index (Phi) is 11.9. The SMILES string of the molecule is COc1ccccc1SCC1CC(c2ccc(CO)cc2)OC(c2ccc(-c3cccc(CNC(=O)CCCC(=O)O)c3)cc2)O1. The Morgan fingerprint density at radius 2 is 1.63 bits per heavy atom. The number of aliphatic hydroxyl groups excluding tert-OH is 1. The number of thioether (sulfide) groups is 1. The number of methoxy groups -OCH3 is 1. The van der Waals surface area contributed by atoms with Crippen molar-refractivity contribution in [1.29, 1.82) is 0 Å². The predicted molar refractivity (Wildman–Crippen MR) is 177 cm³/mol. The molecule has 8 nitrogen and oxygen atoms in total. The molecule has 5 rings (SSSR count). The number of para-hydroxylation sites is 1. The lowest BCUT2D eigenvalue weighted by Gasteiger charge is -2.36. The van der Waals surface area contributed by atoms with E-state index in [0.717, 1.165) is 49.8 Å². The molecule has 1 saturated heterocycles. The highest BCUT2D eigenvalue weighted by atomic mass is 32.2. The fourth-order valence-corrected chi connectivity index (χ4v) is 6.37. The van der Waals surface area contributed by atoms with Gasteiger partial charge in [0.1, 0.15) is 5.75 Å². The molecule has 9 heteroatoms. The van der Waals surface area contributed by atoms with Gasteiger partial charge in [0.2, 0.25) is 5.91 Å². The lowest BCUT2D eigenvalue weighted by Crippen LogP contribution is -2.31. The first-order valence-corrected chi connectivity index (χ1v) is 16.3. The van der Waals surface area contributed by atoms with Crippen LogP contribution in [0.15, 0.2) is 102 Å². The third kappa shape index (κ3) is 9.20. The molecule has 46 heavy (non-hydrogen) atoms. The number of hydrogen-bond donors (Lipinski definition) is 3. The van der Waals surface area contributed by atoms with Crippen molar-refractivity contribution < 1.29 is 34.0 Å². The lowest BCUT2D eigenvalue weighted by molar-refractivity contribution is -0.245. The number of aliphatic carboxylic acids is 1. The van der Waals surface area contributed by atoms with Gasteiger partial charge in [0.05, 0.1) is 25.9 Å². The van der Waals surface area contributed by atoms with Gasteiger partial charge in [-0.15, -0.1) is 11.8 Å². The number of benzene rings is 4. The quantitative estimate of drug-likeness (QED) is 0.125. The van der Waals surface area contributed by atoms with Crippen LogP contribution in [0.25, 0.3) is 11.1 Å². The van der Waals surface area contributed by atoms with Crippen molar-refractivity contribution in [3.63, 3.8) is 0 Å². The Hall–Kier alpha value is -4.15. The van der Waals surface area contributed by atoms with Crippen LogP contribution in [-0.4, -0.2) is 41.1 Å². The number of carboxylic acids is 1. The van der Waals surface area contributed by atoms with E-state index in [0.29, 0.717) is 19.4 Å². The number of carboxylic acid groups (broad SMARTS) is 1. The highest BCUT2D eigenvalue weighted by molar-refractivity contribution is 7.99. The second-order valence-corrected chi connectivity index (χ2v) is 12.2. The van der Waals surface area contributed by atoms with E-state index >= 15 is 0 Å². The number of nitrogens with one attached hydrogen (secondary N) is 1. The third-order valence-electron chi connectivity index (χ3n) is 7.84. The molecule has 4 aromatic rings. The molecule has 0 saturated carbocycles. The van der Waals surface area contributed by atoms with Crippen LogP contribution < -0.4 is 10.1 Å². The molecule has 0 radical (unpaired) electrons. The van der Waals surface area contributed by atoms with Gasteiger partial charge < -0.3 is 29.7 Å². The summed E-state index contributed by atoms with van der Waals surface area (Å²) < 4.78 is 18.6. The molecule has 1 amide bonds. The van der Waals surface area contributed by atoms with Gasteiger partial charge in [0.25, 0.3) is 0 Å². The van der Waals surface area contributed by atoms with Crippen LogP contribution in [0, 0.1) is 0 Å². The first kappa shape index (κ1) is 33.2. The topological polar surface area (TPSA) is 114 Å². The minimum Gasteiger partial charge on any atom is -0.496 e. The van der Waals surface area contributed by atoms with E-state index < -0.39 is 12.3 Å². The van der Waals surface area contributed by atoms with Crippen LogP contribution in [-0.2, 0) is 32.2 Å². The first-order chi connectivity index (χ1) is 22.4. The van der Waals surface area contributed by atoms with Crippen LogP contribution in [0.4, 0.5) is 0 Å². The van der Waals surface area contributed by atoms with E-state index in [-0.39, 0.29) is 37.6 Å². The van der Waals surface area contributed by atoms with Gasteiger partial charge in [-0.3, -0.25) is 9.59 Å². The summed E-state index contributed by atoms with van der Waals surface area (Å²) in [6.07, 6.45) is 0.372. The van der Waals surface area contributed by atoms with Gasteiger partial charge in [0, 0.05) is 42.0 Å².